The number of carbonyl (C=O) groups is 1. The van der Waals surface area contributed by atoms with Crippen molar-refractivity contribution in [3.63, 3.8) is 0 Å². The third-order valence-electron chi connectivity index (χ3n) is 4.23. The molecule has 1 heterocycles. The van der Waals surface area contributed by atoms with Crippen LogP contribution in [0.4, 0.5) is 0 Å². The maximum absolute atomic E-state index is 12.2. The van der Waals surface area contributed by atoms with Crippen molar-refractivity contribution in [2.45, 2.75) is 18.4 Å². The van der Waals surface area contributed by atoms with E-state index in [0.29, 0.717) is 17.7 Å². The minimum atomic E-state index is -0.104. The number of benzene rings is 1. The number of hydrogen-bond donors (Lipinski definition) is 1. The molecule has 112 valence electrons. The molecule has 5 nitrogen and oxygen atoms in total. The zero-order valence-corrected chi connectivity index (χ0v) is 12.6. The average Bonchev–Trinajstić information content (AvgIpc) is 2.53. The first kappa shape index (κ1) is 15.5. The summed E-state index contributed by atoms with van der Waals surface area (Å²) in [6, 6.07) is 8.72. The second-order valence-electron chi connectivity index (χ2n) is 5.60. The quantitative estimate of drug-likeness (QED) is 0.909. The van der Waals surface area contributed by atoms with E-state index < -0.39 is 0 Å². The van der Waals surface area contributed by atoms with Crippen LogP contribution in [-0.2, 0) is 4.74 Å². The van der Waals surface area contributed by atoms with Gasteiger partial charge in [0.05, 0.1) is 11.6 Å². The molecule has 1 aliphatic heterocycles. The van der Waals surface area contributed by atoms with Gasteiger partial charge in [0, 0.05) is 30.9 Å². The lowest BCUT2D eigenvalue weighted by Crippen LogP contribution is -2.55. The van der Waals surface area contributed by atoms with Gasteiger partial charge in [0.25, 0.3) is 5.91 Å². The van der Waals surface area contributed by atoms with Gasteiger partial charge < -0.3 is 15.0 Å². The number of ether oxygens (including phenoxy) is 1. The zero-order chi connectivity index (χ0) is 15.3. The molecule has 0 aromatic heterocycles. The molecule has 2 rings (SSSR count). The van der Waals surface area contributed by atoms with Gasteiger partial charge in [0.15, 0.2) is 0 Å². The minimum absolute atomic E-state index is 0.0412. The summed E-state index contributed by atoms with van der Waals surface area (Å²) in [6.45, 7) is 2.05. The first-order valence-corrected chi connectivity index (χ1v) is 7.11. The topological polar surface area (TPSA) is 65.4 Å². The van der Waals surface area contributed by atoms with Crippen LogP contribution in [0.25, 0.3) is 0 Å². The van der Waals surface area contributed by atoms with Crippen molar-refractivity contribution < 1.29 is 9.53 Å². The van der Waals surface area contributed by atoms with Gasteiger partial charge in [-0.15, -0.1) is 0 Å². The third-order valence-corrected chi connectivity index (χ3v) is 4.23. The van der Waals surface area contributed by atoms with E-state index in [2.05, 4.69) is 10.2 Å². The number of rotatable bonds is 4. The summed E-state index contributed by atoms with van der Waals surface area (Å²) < 4.78 is 5.42. The zero-order valence-electron chi connectivity index (χ0n) is 12.6. The lowest BCUT2D eigenvalue weighted by molar-refractivity contribution is -0.00657. The van der Waals surface area contributed by atoms with Gasteiger partial charge in [-0.2, -0.15) is 5.26 Å². The molecule has 0 unspecified atom stereocenters. The molecule has 1 N–H and O–H groups in total. The highest BCUT2D eigenvalue weighted by molar-refractivity contribution is 5.94. The number of hydrogen-bond acceptors (Lipinski definition) is 4. The van der Waals surface area contributed by atoms with E-state index >= 15 is 0 Å². The number of carbonyl (C=O) groups excluding carboxylic acids is 1. The molecule has 1 saturated heterocycles. The van der Waals surface area contributed by atoms with Gasteiger partial charge in [0.1, 0.15) is 0 Å². The van der Waals surface area contributed by atoms with Crippen molar-refractivity contribution in [1.29, 1.82) is 5.26 Å². The van der Waals surface area contributed by atoms with Crippen molar-refractivity contribution in [1.82, 2.24) is 10.2 Å². The van der Waals surface area contributed by atoms with Crippen molar-refractivity contribution >= 4 is 5.91 Å². The average molecular weight is 287 g/mol. The minimum Gasteiger partial charge on any atom is -0.381 e. The number of nitrogens with zero attached hydrogens (tertiary/aromatic N) is 2. The summed E-state index contributed by atoms with van der Waals surface area (Å²) in [5.74, 6) is -0.104. The van der Waals surface area contributed by atoms with E-state index in [1.54, 1.807) is 24.3 Å². The molecular formula is C16H21N3O2. The predicted molar refractivity (Wildman–Crippen MR) is 80.0 cm³/mol. The van der Waals surface area contributed by atoms with Crippen molar-refractivity contribution in [3.05, 3.63) is 35.4 Å². The summed E-state index contributed by atoms with van der Waals surface area (Å²) in [5.41, 5.74) is 1.09. The van der Waals surface area contributed by atoms with Gasteiger partial charge >= 0.3 is 0 Å². The van der Waals surface area contributed by atoms with Crippen LogP contribution < -0.4 is 5.32 Å². The van der Waals surface area contributed by atoms with E-state index in [4.69, 9.17) is 10.00 Å². The molecule has 0 bridgehead atoms. The van der Waals surface area contributed by atoms with E-state index in [1.165, 1.54) is 0 Å². The van der Waals surface area contributed by atoms with Crippen LogP contribution in [0, 0.1) is 11.3 Å². The van der Waals surface area contributed by atoms with Gasteiger partial charge in [-0.1, -0.05) is 0 Å². The Bertz CT molecular complexity index is 525. The van der Waals surface area contributed by atoms with Crippen molar-refractivity contribution in [3.8, 4) is 6.07 Å². The SMILES string of the molecule is CN(C)C1(CNC(=O)c2ccc(C#N)cc2)CCOCC1. The Balaban J connectivity index is 2.00. The molecule has 0 radical (unpaired) electrons. The molecule has 1 fully saturated rings. The number of likely N-dealkylation sites (N-methyl/N-ethyl adjacent to an activating group) is 1. The molecule has 0 atom stereocenters. The second kappa shape index (κ2) is 6.70. The monoisotopic (exact) mass is 287 g/mol. The van der Waals surface area contributed by atoms with Crippen LogP contribution in [0.15, 0.2) is 24.3 Å². The van der Waals surface area contributed by atoms with Gasteiger partial charge in [-0.3, -0.25) is 4.79 Å². The van der Waals surface area contributed by atoms with Crippen molar-refractivity contribution in [2.24, 2.45) is 0 Å². The fourth-order valence-corrected chi connectivity index (χ4v) is 2.58. The van der Waals surface area contributed by atoms with Crippen LogP contribution in [0.3, 0.4) is 0 Å². The van der Waals surface area contributed by atoms with E-state index in [9.17, 15) is 4.79 Å². The smallest absolute Gasteiger partial charge is 0.251 e. The predicted octanol–water partition coefficient (Wildman–Crippen LogP) is 1.40. The highest BCUT2D eigenvalue weighted by atomic mass is 16.5. The van der Waals surface area contributed by atoms with Crippen LogP contribution in [-0.4, -0.2) is 50.2 Å². The van der Waals surface area contributed by atoms with Gasteiger partial charge in [-0.25, -0.2) is 0 Å². The highest BCUT2D eigenvalue weighted by Crippen LogP contribution is 2.25. The maximum atomic E-state index is 12.2. The number of amides is 1. The molecule has 21 heavy (non-hydrogen) atoms. The standard InChI is InChI=1S/C16H21N3O2/c1-19(2)16(7-9-21-10-8-16)12-18-15(20)14-5-3-13(11-17)4-6-14/h3-6H,7-10,12H2,1-2H3,(H,18,20). The summed E-state index contributed by atoms with van der Waals surface area (Å²) in [7, 11) is 4.08. The lowest BCUT2D eigenvalue weighted by Gasteiger charge is -2.42. The van der Waals surface area contributed by atoms with E-state index in [0.717, 1.165) is 26.1 Å². The molecule has 1 aromatic carbocycles. The van der Waals surface area contributed by atoms with Crippen LogP contribution in [0.1, 0.15) is 28.8 Å². The molecule has 0 saturated carbocycles. The Kier molecular flexibility index (Phi) is 4.94. The summed E-state index contributed by atoms with van der Waals surface area (Å²) in [6.07, 6.45) is 1.82. The molecular weight excluding hydrogens is 266 g/mol. The highest BCUT2D eigenvalue weighted by Gasteiger charge is 2.35. The second-order valence-corrected chi connectivity index (χ2v) is 5.60. The molecule has 1 amide bonds. The first-order valence-electron chi connectivity index (χ1n) is 7.11. The van der Waals surface area contributed by atoms with Crippen molar-refractivity contribution in [2.75, 3.05) is 33.9 Å². The molecule has 0 spiro atoms. The molecule has 5 heteroatoms. The maximum Gasteiger partial charge on any atom is 0.251 e. The molecule has 1 aromatic rings. The number of nitriles is 1. The third kappa shape index (κ3) is 3.60. The van der Waals surface area contributed by atoms with Gasteiger partial charge in [0.2, 0.25) is 0 Å². The van der Waals surface area contributed by atoms with E-state index in [1.807, 2.05) is 20.2 Å². The fourth-order valence-electron chi connectivity index (χ4n) is 2.58. The largest absolute Gasteiger partial charge is 0.381 e. The first-order chi connectivity index (χ1) is 10.1. The summed E-state index contributed by atoms with van der Waals surface area (Å²) in [5, 5.41) is 11.8. The summed E-state index contributed by atoms with van der Waals surface area (Å²) >= 11 is 0. The normalized spacial score (nSPS) is 17.2. The Morgan fingerprint density at radius 2 is 1.95 bits per heavy atom. The number of nitrogens with one attached hydrogen (secondary N) is 1. The Morgan fingerprint density at radius 3 is 2.48 bits per heavy atom. The Hall–Kier alpha value is -1.90. The van der Waals surface area contributed by atoms with Crippen LogP contribution in [0.2, 0.25) is 0 Å². The van der Waals surface area contributed by atoms with Crippen LogP contribution >= 0.6 is 0 Å². The lowest BCUT2D eigenvalue weighted by atomic mass is 9.88. The Morgan fingerprint density at radius 1 is 1.33 bits per heavy atom. The summed E-state index contributed by atoms with van der Waals surface area (Å²) in [4.78, 5) is 14.4. The molecule has 1 aliphatic rings. The van der Waals surface area contributed by atoms with E-state index in [-0.39, 0.29) is 11.4 Å². The van der Waals surface area contributed by atoms with Gasteiger partial charge in [-0.05, 0) is 51.2 Å². The van der Waals surface area contributed by atoms with Crippen LogP contribution in [0.5, 0.6) is 0 Å². The molecule has 0 aliphatic carbocycles. The fraction of sp³-hybridized carbons (Fsp3) is 0.500. The Labute approximate surface area is 125 Å².